The molecule has 0 aliphatic carbocycles. The lowest BCUT2D eigenvalue weighted by molar-refractivity contribution is -0.148. The van der Waals surface area contributed by atoms with Crippen molar-refractivity contribution in [1.29, 1.82) is 0 Å². The van der Waals surface area contributed by atoms with Crippen LogP contribution in [0.4, 0.5) is 0 Å². The zero-order valence-corrected chi connectivity index (χ0v) is 25.2. The van der Waals surface area contributed by atoms with E-state index in [2.05, 4.69) is 21.3 Å². The maximum absolute atomic E-state index is 13.7. The number of amides is 4. The number of hydrogen-bond donors (Lipinski definition) is 4. The molecule has 0 spiro atoms. The first-order valence-electron chi connectivity index (χ1n) is 14.0. The van der Waals surface area contributed by atoms with Gasteiger partial charge in [-0.1, -0.05) is 84.0 Å². The fourth-order valence-corrected chi connectivity index (χ4v) is 6.90. The van der Waals surface area contributed by atoms with Gasteiger partial charge in [0.1, 0.15) is 30.8 Å². The van der Waals surface area contributed by atoms with E-state index in [0.29, 0.717) is 12.2 Å². The molecule has 42 heavy (non-hydrogen) atoms. The van der Waals surface area contributed by atoms with Crippen LogP contribution in [0.5, 0.6) is 0 Å². The van der Waals surface area contributed by atoms with Crippen molar-refractivity contribution in [2.45, 2.75) is 57.3 Å². The molecule has 4 N–H and O–H groups in total. The van der Waals surface area contributed by atoms with Gasteiger partial charge >= 0.3 is 5.97 Å². The van der Waals surface area contributed by atoms with Crippen LogP contribution >= 0.6 is 21.6 Å². The third-order valence-electron chi connectivity index (χ3n) is 6.95. The normalized spacial score (nSPS) is 25.9. The molecule has 1 fully saturated rings. The molecule has 224 valence electrons. The van der Waals surface area contributed by atoms with Crippen molar-refractivity contribution >= 4 is 62.0 Å². The monoisotopic (exact) mass is 612 g/mol. The van der Waals surface area contributed by atoms with Crippen molar-refractivity contribution in [1.82, 2.24) is 21.3 Å². The summed E-state index contributed by atoms with van der Waals surface area (Å²) in [5.41, 5.74) is 0.842. The molecule has 2 aromatic rings. The minimum absolute atomic E-state index is 0.159. The molecular weight excluding hydrogens is 576 g/mol. The molecule has 1 saturated heterocycles. The first kappa shape index (κ1) is 31.4. The summed E-state index contributed by atoms with van der Waals surface area (Å²) in [6.45, 7) is 3.14. The lowest BCUT2D eigenvalue weighted by Crippen LogP contribution is -2.59. The fourth-order valence-electron chi connectivity index (χ4n) is 4.75. The maximum atomic E-state index is 13.7. The molecule has 2 bridgehead atoms. The second kappa shape index (κ2) is 15.1. The number of nitrogens with one attached hydrogen (secondary N) is 4. The highest BCUT2D eigenvalue weighted by Crippen LogP contribution is 2.24. The zero-order valence-electron chi connectivity index (χ0n) is 23.6. The molecule has 0 radical (unpaired) electrons. The van der Waals surface area contributed by atoms with Crippen molar-refractivity contribution in [3.8, 4) is 0 Å². The molecule has 4 amide bonds. The average Bonchev–Trinajstić information content (AvgIpc) is 2.96. The summed E-state index contributed by atoms with van der Waals surface area (Å²) in [5, 5.41) is 12.9. The molecule has 0 saturated carbocycles. The van der Waals surface area contributed by atoms with Crippen LogP contribution in [0.1, 0.15) is 32.3 Å². The maximum Gasteiger partial charge on any atom is 0.326 e. The van der Waals surface area contributed by atoms with E-state index in [0.717, 1.165) is 16.3 Å². The summed E-state index contributed by atoms with van der Waals surface area (Å²) in [6.07, 6.45) is 3.23. The van der Waals surface area contributed by atoms with Crippen molar-refractivity contribution in [3.05, 3.63) is 60.2 Å². The lowest BCUT2D eigenvalue weighted by Gasteiger charge is -2.27. The Morgan fingerprint density at radius 3 is 2.50 bits per heavy atom. The first-order chi connectivity index (χ1) is 20.2. The van der Waals surface area contributed by atoms with Gasteiger partial charge in [-0.2, -0.15) is 0 Å². The summed E-state index contributed by atoms with van der Waals surface area (Å²) in [6, 6.07) is 10.6. The van der Waals surface area contributed by atoms with Crippen molar-refractivity contribution < 1.29 is 28.7 Å². The fraction of sp³-hybridized carbons (Fsp3) is 0.433. The average molecular weight is 613 g/mol. The van der Waals surface area contributed by atoms with Gasteiger partial charge in [0.15, 0.2) is 0 Å². The number of esters is 1. The van der Waals surface area contributed by atoms with Crippen LogP contribution in [0.25, 0.3) is 10.8 Å². The predicted molar refractivity (Wildman–Crippen MR) is 164 cm³/mol. The number of fused-ring (bicyclic) bond motifs is 8. The molecule has 0 aromatic heterocycles. The van der Waals surface area contributed by atoms with E-state index < -0.39 is 60.4 Å². The second-order valence-electron chi connectivity index (χ2n) is 10.5. The van der Waals surface area contributed by atoms with E-state index in [9.17, 15) is 24.0 Å². The summed E-state index contributed by atoms with van der Waals surface area (Å²) in [5.74, 6) is -2.14. The van der Waals surface area contributed by atoms with Crippen molar-refractivity contribution in [2.75, 3.05) is 18.1 Å². The number of allylic oxidation sites excluding steroid dienone is 1. The van der Waals surface area contributed by atoms with E-state index in [4.69, 9.17) is 4.74 Å². The van der Waals surface area contributed by atoms with Crippen LogP contribution in [-0.4, -0.2) is 71.9 Å². The Balaban J connectivity index is 1.70. The van der Waals surface area contributed by atoms with Crippen LogP contribution in [0.15, 0.2) is 54.6 Å². The SMILES string of the molecule is CC(C)C1NC(=O)C[C@H]2/C=C/CCSSC[C@@H](NC1=O)C(=O)N[C@H](Cc1cccc3ccccc13)C(=O)NCC(=O)O2. The molecule has 2 aromatic carbocycles. The van der Waals surface area contributed by atoms with Crippen molar-refractivity contribution in [2.24, 2.45) is 5.92 Å². The Kier molecular flexibility index (Phi) is 11.3. The van der Waals surface area contributed by atoms with Crippen LogP contribution < -0.4 is 21.3 Å². The van der Waals surface area contributed by atoms with Gasteiger partial charge in [-0.15, -0.1) is 0 Å². The summed E-state index contributed by atoms with van der Waals surface area (Å²) in [4.78, 5) is 66.1. The lowest BCUT2D eigenvalue weighted by atomic mass is 9.98. The highest BCUT2D eigenvalue weighted by molar-refractivity contribution is 8.76. The number of rotatable bonds is 3. The van der Waals surface area contributed by atoms with Gasteiger partial charge in [0, 0.05) is 17.9 Å². The Bertz CT molecular complexity index is 1340. The molecule has 2 aliphatic rings. The molecule has 2 aliphatic heterocycles. The summed E-state index contributed by atoms with van der Waals surface area (Å²) < 4.78 is 5.54. The Morgan fingerprint density at radius 1 is 0.905 bits per heavy atom. The van der Waals surface area contributed by atoms with E-state index in [1.54, 1.807) is 19.9 Å². The van der Waals surface area contributed by atoms with Gasteiger partial charge in [-0.25, -0.2) is 0 Å². The van der Waals surface area contributed by atoms with E-state index in [-0.39, 0.29) is 24.5 Å². The predicted octanol–water partition coefficient (Wildman–Crippen LogP) is 2.27. The van der Waals surface area contributed by atoms with Crippen LogP contribution in [0.3, 0.4) is 0 Å². The summed E-state index contributed by atoms with van der Waals surface area (Å²) >= 11 is 0. The van der Waals surface area contributed by atoms with Gasteiger partial charge in [0.2, 0.25) is 23.6 Å². The number of benzene rings is 2. The Hall–Kier alpha value is -3.51. The number of carbonyl (C=O) groups is 5. The number of hydrogen-bond acceptors (Lipinski definition) is 8. The van der Waals surface area contributed by atoms with Crippen LogP contribution in [0.2, 0.25) is 0 Å². The Labute approximate surface area is 252 Å². The Morgan fingerprint density at radius 2 is 1.69 bits per heavy atom. The molecule has 4 rings (SSSR count). The molecule has 10 nitrogen and oxygen atoms in total. The molecule has 4 atom stereocenters. The van der Waals surface area contributed by atoms with Crippen LogP contribution in [-0.2, 0) is 35.1 Å². The third kappa shape index (κ3) is 8.75. The molecule has 1 unspecified atom stereocenters. The largest absolute Gasteiger partial charge is 0.456 e. The van der Waals surface area contributed by atoms with Gasteiger partial charge < -0.3 is 26.0 Å². The van der Waals surface area contributed by atoms with Gasteiger partial charge in [0.25, 0.3) is 0 Å². The highest BCUT2D eigenvalue weighted by atomic mass is 33.1. The molecule has 12 heteroatoms. The topological polar surface area (TPSA) is 143 Å². The highest BCUT2D eigenvalue weighted by Gasteiger charge is 2.32. The minimum atomic E-state index is -1.03. The molecular formula is C30H36N4O6S2. The smallest absolute Gasteiger partial charge is 0.326 e. The van der Waals surface area contributed by atoms with Crippen molar-refractivity contribution in [3.63, 3.8) is 0 Å². The number of carbonyl (C=O) groups excluding carboxylic acids is 5. The van der Waals surface area contributed by atoms with Gasteiger partial charge in [-0.3, -0.25) is 24.0 Å². The number of ether oxygens (including phenoxy) is 1. The van der Waals surface area contributed by atoms with Gasteiger partial charge in [0.05, 0.1) is 6.42 Å². The second-order valence-corrected chi connectivity index (χ2v) is 13.2. The zero-order chi connectivity index (χ0) is 30.1. The third-order valence-corrected chi connectivity index (χ3v) is 9.40. The van der Waals surface area contributed by atoms with Gasteiger partial charge in [-0.05, 0) is 34.8 Å². The first-order valence-corrected chi connectivity index (χ1v) is 16.4. The standard InChI is InChI=1S/C30H36N4O6S2/c1-18(2)27-30(39)33-24-17-42-41-13-6-5-11-21(15-25(35)34-27)40-26(36)16-31-28(37)23(32-29(24)38)14-20-10-7-9-19-8-3-4-12-22(19)20/h3-5,7-12,18,21,23-24,27H,6,13-17H2,1-2H3,(H,31,37)(H,32,38)(H,33,39)(H,34,35)/b11-5+/t21-,23-,24-,27?/m1/s1. The van der Waals surface area contributed by atoms with E-state index >= 15 is 0 Å². The minimum Gasteiger partial charge on any atom is -0.456 e. The van der Waals surface area contributed by atoms with Crippen LogP contribution in [0, 0.1) is 5.92 Å². The van der Waals surface area contributed by atoms with E-state index in [1.807, 2.05) is 48.5 Å². The molecule has 2 heterocycles. The summed E-state index contributed by atoms with van der Waals surface area (Å²) in [7, 11) is 2.97. The quantitative estimate of drug-likeness (QED) is 0.235. The van der Waals surface area contributed by atoms with E-state index in [1.165, 1.54) is 21.6 Å².